The lowest BCUT2D eigenvalue weighted by Crippen LogP contribution is -2.14. The van der Waals surface area contributed by atoms with Crippen LogP contribution in [0.5, 0.6) is 23.0 Å². The lowest BCUT2D eigenvalue weighted by molar-refractivity contribution is 0.174. The maximum atomic E-state index is 5.83. The van der Waals surface area contributed by atoms with E-state index >= 15 is 0 Å². The first-order chi connectivity index (χ1) is 12.9. The van der Waals surface area contributed by atoms with E-state index in [1.807, 2.05) is 33.4 Å². The highest BCUT2D eigenvalue weighted by Crippen LogP contribution is 2.53. The first-order valence-electron chi connectivity index (χ1n) is 8.15. The van der Waals surface area contributed by atoms with Crippen molar-refractivity contribution in [3.8, 4) is 42.5 Å². The fraction of sp³-hybridized carbons (Fsp3) is 0.222. The van der Waals surface area contributed by atoms with Gasteiger partial charge in [-0.25, -0.2) is 0 Å². The third-order valence-electron chi connectivity index (χ3n) is 4.26. The molecule has 0 radical (unpaired) electrons. The molecule has 0 unspecified atom stereocenters. The van der Waals surface area contributed by atoms with Crippen LogP contribution in [0.3, 0.4) is 0 Å². The first kappa shape index (κ1) is 15.3. The van der Waals surface area contributed by atoms with Gasteiger partial charge in [0.25, 0.3) is 0 Å². The van der Waals surface area contributed by atoms with Gasteiger partial charge in [-0.15, -0.1) is 45.3 Å². The van der Waals surface area contributed by atoms with Crippen LogP contribution in [-0.2, 0) is 0 Å². The molecule has 0 bridgehead atoms. The molecular weight excluding hydrogens is 408 g/mol. The molecule has 6 heterocycles. The van der Waals surface area contributed by atoms with Crippen molar-refractivity contribution in [3.05, 3.63) is 22.9 Å². The standard InChI is InChI=1S/C18H12O4S4/c1-3-21-14-10(19-1)7-23-16(14)12-5-9-6-13(26-18(9)25-12)17-15-11(8-24-17)20-2-4-22-15/h5-8H,1-4H2. The van der Waals surface area contributed by atoms with Gasteiger partial charge in [0.1, 0.15) is 26.4 Å². The van der Waals surface area contributed by atoms with Crippen LogP contribution < -0.4 is 18.9 Å². The predicted molar refractivity (Wildman–Crippen MR) is 108 cm³/mol. The van der Waals surface area contributed by atoms with E-state index in [1.54, 1.807) is 22.7 Å². The van der Waals surface area contributed by atoms with Crippen LogP contribution in [0.4, 0.5) is 0 Å². The summed E-state index contributed by atoms with van der Waals surface area (Å²) in [6.45, 7) is 2.49. The summed E-state index contributed by atoms with van der Waals surface area (Å²) in [6, 6.07) is 4.50. The summed E-state index contributed by atoms with van der Waals surface area (Å²) >= 11 is 6.99. The quantitative estimate of drug-likeness (QED) is 0.401. The van der Waals surface area contributed by atoms with Gasteiger partial charge in [-0.1, -0.05) is 0 Å². The van der Waals surface area contributed by atoms with Crippen LogP contribution >= 0.6 is 45.3 Å². The zero-order valence-corrected chi connectivity index (χ0v) is 16.7. The highest BCUT2D eigenvalue weighted by molar-refractivity contribution is 7.42. The second-order valence-corrected chi connectivity index (χ2v) is 10.00. The van der Waals surface area contributed by atoms with Gasteiger partial charge in [0.15, 0.2) is 23.0 Å². The Labute approximate surface area is 165 Å². The zero-order valence-electron chi connectivity index (χ0n) is 13.4. The molecule has 2 aliphatic rings. The van der Waals surface area contributed by atoms with Gasteiger partial charge < -0.3 is 18.9 Å². The minimum atomic E-state index is 0.617. The van der Waals surface area contributed by atoms with Gasteiger partial charge in [0.05, 0.1) is 23.5 Å². The Hall–Kier alpha value is -1.74. The normalized spacial score (nSPS) is 15.5. The minimum Gasteiger partial charge on any atom is -0.485 e. The molecular formula is C18H12O4S4. The Morgan fingerprint density at radius 1 is 0.654 bits per heavy atom. The van der Waals surface area contributed by atoms with E-state index in [4.69, 9.17) is 18.9 Å². The Morgan fingerprint density at radius 3 is 1.65 bits per heavy atom. The van der Waals surface area contributed by atoms with E-state index < -0.39 is 0 Å². The molecule has 4 aromatic heterocycles. The summed E-state index contributed by atoms with van der Waals surface area (Å²) in [6.07, 6.45) is 0. The molecule has 26 heavy (non-hydrogen) atoms. The highest BCUT2D eigenvalue weighted by Gasteiger charge is 2.24. The molecule has 0 atom stereocenters. The first-order valence-corrected chi connectivity index (χ1v) is 11.5. The summed E-state index contributed by atoms with van der Waals surface area (Å²) < 4.78 is 24.3. The monoisotopic (exact) mass is 420 g/mol. The Morgan fingerprint density at radius 2 is 1.15 bits per heavy atom. The van der Waals surface area contributed by atoms with Crippen LogP contribution in [0.15, 0.2) is 22.9 Å². The van der Waals surface area contributed by atoms with Crippen LogP contribution in [-0.4, -0.2) is 26.4 Å². The Balaban J connectivity index is 1.40. The average Bonchev–Trinajstić information content (AvgIpc) is 3.41. The minimum absolute atomic E-state index is 0.617. The molecule has 2 aliphatic heterocycles. The molecule has 4 nitrogen and oxygen atoms in total. The van der Waals surface area contributed by atoms with E-state index in [9.17, 15) is 0 Å². The van der Waals surface area contributed by atoms with E-state index in [1.165, 1.54) is 28.9 Å². The number of hydrogen-bond acceptors (Lipinski definition) is 8. The van der Waals surface area contributed by atoms with Crippen molar-refractivity contribution in [2.75, 3.05) is 26.4 Å². The van der Waals surface area contributed by atoms with Crippen molar-refractivity contribution in [3.63, 3.8) is 0 Å². The molecule has 0 fully saturated rings. The van der Waals surface area contributed by atoms with Gasteiger partial charge >= 0.3 is 0 Å². The van der Waals surface area contributed by atoms with Crippen molar-refractivity contribution in [2.24, 2.45) is 0 Å². The molecule has 0 saturated carbocycles. The predicted octanol–water partition coefficient (Wildman–Crippen LogP) is 5.96. The second-order valence-electron chi connectivity index (χ2n) is 5.87. The highest BCUT2D eigenvalue weighted by atomic mass is 32.2. The van der Waals surface area contributed by atoms with Crippen LogP contribution in [0.1, 0.15) is 0 Å². The van der Waals surface area contributed by atoms with Crippen LogP contribution in [0.2, 0.25) is 0 Å². The molecule has 6 rings (SSSR count). The van der Waals surface area contributed by atoms with E-state index in [0.717, 1.165) is 23.0 Å². The molecule has 0 aromatic carbocycles. The molecule has 4 aromatic rings. The summed E-state index contributed by atoms with van der Waals surface area (Å²) in [5.74, 6) is 3.54. The van der Waals surface area contributed by atoms with Gasteiger partial charge in [0.2, 0.25) is 0 Å². The van der Waals surface area contributed by atoms with Crippen molar-refractivity contribution in [1.29, 1.82) is 0 Å². The largest absolute Gasteiger partial charge is 0.485 e. The second kappa shape index (κ2) is 5.88. The van der Waals surface area contributed by atoms with Gasteiger partial charge in [-0.2, -0.15) is 0 Å². The fourth-order valence-corrected chi connectivity index (χ4v) is 7.67. The van der Waals surface area contributed by atoms with Gasteiger partial charge in [-0.3, -0.25) is 0 Å². The third-order valence-corrected chi connectivity index (χ3v) is 8.89. The van der Waals surface area contributed by atoms with E-state index in [0.29, 0.717) is 26.4 Å². The lowest BCUT2D eigenvalue weighted by Gasteiger charge is -2.15. The molecule has 132 valence electrons. The van der Waals surface area contributed by atoms with Crippen molar-refractivity contribution in [1.82, 2.24) is 0 Å². The fourth-order valence-electron chi connectivity index (χ4n) is 3.13. The number of rotatable bonds is 2. The molecule has 0 spiro atoms. The number of fused-ring (bicyclic) bond motifs is 3. The Bertz CT molecular complexity index is 1000. The summed E-state index contributed by atoms with van der Waals surface area (Å²) in [4.78, 5) is 4.81. The van der Waals surface area contributed by atoms with Gasteiger partial charge in [0, 0.05) is 16.1 Å². The SMILES string of the molecule is c1sc(-c2cc3cc(-c4scc5c4OCCO5)sc3s2)c2c1OCCO2. The molecule has 0 N–H and O–H groups in total. The van der Waals surface area contributed by atoms with Crippen LogP contribution in [0, 0.1) is 0 Å². The zero-order chi connectivity index (χ0) is 17.1. The lowest BCUT2D eigenvalue weighted by atomic mass is 10.2. The van der Waals surface area contributed by atoms with Crippen molar-refractivity contribution in [2.45, 2.75) is 0 Å². The number of thiophene rings is 4. The van der Waals surface area contributed by atoms with Gasteiger partial charge in [-0.05, 0) is 12.1 Å². The molecule has 8 heteroatoms. The number of ether oxygens (including phenoxy) is 4. The summed E-state index contributed by atoms with van der Waals surface area (Å²) in [5.41, 5.74) is 0. The third kappa shape index (κ3) is 2.29. The van der Waals surface area contributed by atoms with Crippen LogP contribution in [0.25, 0.3) is 28.9 Å². The Kier molecular flexibility index (Phi) is 3.47. The van der Waals surface area contributed by atoms with E-state index in [2.05, 4.69) is 12.1 Å². The van der Waals surface area contributed by atoms with Crippen molar-refractivity contribution >= 4 is 54.7 Å². The topological polar surface area (TPSA) is 36.9 Å². The number of hydrogen-bond donors (Lipinski definition) is 0. The summed E-state index contributed by atoms with van der Waals surface area (Å²) in [7, 11) is 0. The molecule has 0 amide bonds. The average molecular weight is 421 g/mol. The maximum absolute atomic E-state index is 5.83. The van der Waals surface area contributed by atoms with Crippen molar-refractivity contribution < 1.29 is 18.9 Å². The molecule has 0 saturated heterocycles. The maximum Gasteiger partial charge on any atom is 0.180 e. The smallest absolute Gasteiger partial charge is 0.180 e. The summed E-state index contributed by atoms with van der Waals surface area (Å²) in [5, 5.41) is 5.35. The molecule has 0 aliphatic carbocycles. The van der Waals surface area contributed by atoms with E-state index in [-0.39, 0.29) is 0 Å².